The van der Waals surface area contributed by atoms with Crippen molar-refractivity contribution >= 4 is 17.4 Å². The summed E-state index contributed by atoms with van der Waals surface area (Å²) in [6, 6.07) is 5.35. The van der Waals surface area contributed by atoms with Gasteiger partial charge in [0, 0.05) is 29.5 Å². The maximum Gasteiger partial charge on any atom is 0.142 e. The fourth-order valence-corrected chi connectivity index (χ4v) is 2.41. The van der Waals surface area contributed by atoms with Gasteiger partial charge in [-0.05, 0) is 31.0 Å². The molecule has 0 saturated carbocycles. The first kappa shape index (κ1) is 13.4. The second kappa shape index (κ2) is 6.21. The molecule has 1 aromatic rings. The zero-order valence-electron chi connectivity index (χ0n) is 10.4. The van der Waals surface area contributed by atoms with Gasteiger partial charge in [-0.15, -0.1) is 0 Å². The zero-order valence-corrected chi connectivity index (χ0v) is 11.2. The van der Waals surface area contributed by atoms with Gasteiger partial charge in [-0.3, -0.25) is 4.79 Å². The van der Waals surface area contributed by atoms with Crippen molar-refractivity contribution in [2.75, 3.05) is 20.3 Å². The summed E-state index contributed by atoms with van der Waals surface area (Å²) in [5.74, 6) is 0.933. The van der Waals surface area contributed by atoms with Crippen LogP contribution in [-0.2, 0) is 16.0 Å². The molecule has 2 rings (SSSR count). The van der Waals surface area contributed by atoms with Crippen molar-refractivity contribution in [3.05, 3.63) is 28.8 Å². The molecule has 1 aliphatic rings. The van der Waals surface area contributed by atoms with Crippen LogP contribution in [0.5, 0.6) is 5.75 Å². The van der Waals surface area contributed by atoms with Gasteiger partial charge in [0.15, 0.2) is 0 Å². The van der Waals surface area contributed by atoms with Crippen LogP contribution < -0.4 is 4.74 Å². The predicted octanol–water partition coefficient (Wildman–Crippen LogP) is 2.89. The van der Waals surface area contributed by atoms with Crippen LogP contribution in [0.3, 0.4) is 0 Å². The number of benzene rings is 1. The molecule has 4 heteroatoms. The second-order valence-electron chi connectivity index (χ2n) is 4.51. The minimum Gasteiger partial charge on any atom is -0.496 e. The van der Waals surface area contributed by atoms with Crippen LogP contribution in [0.4, 0.5) is 0 Å². The van der Waals surface area contributed by atoms with Crippen molar-refractivity contribution in [3.63, 3.8) is 0 Å². The number of methoxy groups -OCH3 is 1. The maximum atomic E-state index is 12.2. The number of carbonyl (C=O) groups excluding carboxylic acids is 1. The summed E-state index contributed by atoms with van der Waals surface area (Å²) in [4.78, 5) is 12.2. The molecule has 3 nitrogen and oxygen atoms in total. The highest BCUT2D eigenvalue weighted by molar-refractivity contribution is 6.30. The Morgan fingerprint density at radius 2 is 2.39 bits per heavy atom. The van der Waals surface area contributed by atoms with Crippen LogP contribution in [0.1, 0.15) is 18.4 Å². The van der Waals surface area contributed by atoms with E-state index in [9.17, 15) is 4.79 Å². The summed E-state index contributed by atoms with van der Waals surface area (Å²) in [6.45, 7) is 1.31. The SMILES string of the molecule is COc1ccc(Cl)cc1CC(=O)C1CCCOC1. The third-order valence-electron chi connectivity index (χ3n) is 3.22. The number of ketones is 1. The molecular formula is C14H17ClO3. The molecule has 0 radical (unpaired) electrons. The van der Waals surface area contributed by atoms with Gasteiger partial charge in [0.2, 0.25) is 0 Å². The number of carbonyl (C=O) groups is 1. The highest BCUT2D eigenvalue weighted by atomic mass is 35.5. The van der Waals surface area contributed by atoms with Gasteiger partial charge in [0.05, 0.1) is 13.7 Å². The van der Waals surface area contributed by atoms with E-state index in [1.54, 1.807) is 25.3 Å². The van der Waals surface area contributed by atoms with Crippen LogP contribution in [-0.4, -0.2) is 26.1 Å². The van der Waals surface area contributed by atoms with Gasteiger partial charge in [-0.25, -0.2) is 0 Å². The summed E-state index contributed by atoms with van der Waals surface area (Å²) in [5, 5.41) is 0.624. The van der Waals surface area contributed by atoms with E-state index in [1.165, 1.54) is 0 Å². The first-order valence-electron chi connectivity index (χ1n) is 6.13. The van der Waals surface area contributed by atoms with Gasteiger partial charge in [0.1, 0.15) is 11.5 Å². The van der Waals surface area contributed by atoms with Crippen LogP contribution >= 0.6 is 11.6 Å². The molecule has 18 heavy (non-hydrogen) atoms. The molecule has 1 fully saturated rings. The third kappa shape index (κ3) is 3.24. The highest BCUT2D eigenvalue weighted by Gasteiger charge is 2.22. The quantitative estimate of drug-likeness (QED) is 0.842. The van der Waals surface area contributed by atoms with E-state index in [1.807, 2.05) is 0 Å². The van der Waals surface area contributed by atoms with E-state index in [2.05, 4.69) is 0 Å². The minimum absolute atomic E-state index is 0.0161. The standard InChI is InChI=1S/C14H17ClO3/c1-17-14-5-4-12(15)7-11(14)8-13(16)10-3-2-6-18-9-10/h4-5,7,10H,2-3,6,8-9H2,1H3. The summed E-state index contributed by atoms with van der Waals surface area (Å²) in [7, 11) is 1.60. The lowest BCUT2D eigenvalue weighted by Gasteiger charge is -2.21. The molecule has 0 bridgehead atoms. The minimum atomic E-state index is 0.0161. The predicted molar refractivity (Wildman–Crippen MR) is 70.3 cm³/mol. The van der Waals surface area contributed by atoms with E-state index in [-0.39, 0.29) is 11.7 Å². The van der Waals surface area contributed by atoms with Gasteiger partial charge in [0.25, 0.3) is 0 Å². The monoisotopic (exact) mass is 268 g/mol. The number of hydrogen-bond acceptors (Lipinski definition) is 3. The fourth-order valence-electron chi connectivity index (χ4n) is 2.21. The van der Waals surface area contributed by atoms with E-state index in [4.69, 9.17) is 21.1 Å². The Morgan fingerprint density at radius 3 is 3.06 bits per heavy atom. The largest absolute Gasteiger partial charge is 0.496 e. The number of rotatable bonds is 4. The Hall–Kier alpha value is -1.06. The lowest BCUT2D eigenvalue weighted by atomic mass is 9.93. The molecule has 1 saturated heterocycles. The van der Waals surface area contributed by atoms with E-state index in [0.29, 0.717) is 23.8 Å². The van der Waals surface area contributed by atoms with E-state index < -0.39 is 0 Å². The van der Waals surface area contributed by atoms with Crippen LogP contribution in [0.2, 0.25) is 5.02 Å². The molecule has 0 N–H and O–H groups in total. The molecule has 0 spiro atoms. The van der Waals surface area contributed by atoms with Crippen molar-refractivity contribution in [2.45, 2.75) is 19.3 Å². The summed E-state index contributed by atoms with van der Waals surface area (Å²) in [6.07, 6.45) is 2.24. The number of Topliss-reactive ketones (excluding diaryl/α,β-unsaturated/α-hetero) is 1. The number of hydrogen-bond donors (Lipinski definition) is 0. The summed E-state index contributed by atoms with van der Waals surface area (Å²) in [5.41, 5.74) is 0.848. The molecule has 1 aromatic carbocycles. The Balaban J connectivity index is 2.07. The van der Waals surface area contributed by atoms with Crippen molar-refractivity contribution < 1.29 is 14.3 Å². The highest BCUT2D eigenvalue weighted by Crippen LogP contribution is 2.25. The van der Waals surface area contributed by atoms with Crippen molar-refractivity contribution in [3.8, 4) is 5.75 Å². The topological polar surface area (TPSA) is 35.5 Å². The zero-order chi connectivity index (χ0) is 13.0. The van der Waals surface area contributed by atoms with E-state index in [0.717, 1.165) is 25.0 Å². The fraction of sp³-hybridized carbons (Fsp3) is 0.500. The molecule has 0 aromatic heterocycles. The Labute approximate surface area is 112 Å². The summed E-state index contributed by atoms with van der Waals surface area (Å²) < 4.78 is 10.6. The molecule has 98 valence electrons. The third-order valence-corrected chi connectivity index (χ3v) is 3.46. The average molecular weight is 269 g/mol. The van der Waals surface area contributed by atoms with Crippen molar-refractivity contribution in [1.29, 1.82) is 0 Å². The van der Waals surface area contributed by atoms with Crippen LogP contribution in [0, 0.1) is 5.92 Å². The first-order chi connectivity index (χ1) is 8.70. The maximum absolute atomic E-state index is 12.2. The van der Waals surface area contributed by atoms with E-state index >= 15 is 0 Å². The van der Waals surface area contributed by atoms with Crippen molar-refractivity contribution in [2.24, 2.45) is 5.92 Å². The van der Waals surface area contributed by atoms with Gasteiger partial charge in [-0.2, -0.15) is 0 Å². The van der Waals surface area contributed by atoms with Gasteiger partial charge in [-0.1, -0.05) is 11.6 Å². The molecule has 0 aliphatic carbocycles. The lowest BCUT2D eigenvalue weighted by molar-refractivity contribution is -0.126. The first-order valence-corrected chi connectivity index (χ1v) is 6.51. The van der Waals surface area contributed by atoms with Crippen molar-refractivity contribution in [1.82, 2.24) is 0 Å². The Morgan fingerprint density at radius 1 is 1.56 bits per heavy atom. The van der Waals surface area contributed by atoms with Gasteiger partial charge < -0.3 is 9.47 Å². The molecule has 1 aliphatic heterocycles. The van der Waals surface area contributed by atoms with Crippen LogP contribution in [0.25, 0.3) is 0 Å². The molecule has 0 amide bonds. The molecule has 1 unspecified atom stereocenters. The summed E-state index contributed by atoms with van der Waals surface area (Å²) >= 11 is 5.95. The molecule has 1 heterocycles. The number of halogens is 1. The molecular weight excluding hydrogens is 252 g/mol. The normalized spacial score (nSPS) is 19.6. The smallest absolute Gasteiger partial charge is 0.142 e. The lowest BCUT2D eigenvalue weighted by Crippen LogP contribution is -2.26. The van der Waals surface area contributed by atoms with Crippen LogP contribution in [0.15, 0.2) is 18.2 Å². The average Bonchev–Trinajstić information content (AvgIpc) is 2.40. The number of ether oxygens (including phenoxy) is 2. The second-order valence-corrected chi connectivity index (χ2v) is 4.95. The Bertz CT molecular complexity index is 425. The molecule has 1 atom stereocenters. The Kier molecular flexibility index (Phi) is 4.61. The van der Waals surface area contributed by atoms with Gasteiger partial charge >= 0.3 is 0 Å².